The van der Waals surface area contributed by atoms with Gasteiger partial charge in [0.25, 0.3) is 5.91 Å². The molecule has 0 radical (unpaired) electrons. The van der Waals surface area contributed by atoms with Crippen LogP contribution in [-0.4, -0.2) is 46.2 Å². The molecule has 3 heterocycles. The van der Waals surface area contributed by atoms with Gasteiger partial charge in [0.15, 0.2) is 0 Å². The summed E-state index contributed by atoms with van der Waals surface area (Å²) in [5.74, 6) is 2.82. The van der Waals surface area contributed by atoms with Crippen LogP contribution in [0.15, 0.2) is 48.9 Å². The van der Waals surface area contributed by atoms with Crippen molar-refractivity contribution in [2.24, 2.45) is 0 Å². The predicted molar refractivity (Wildman–Crippen MR) is 143 cm³/mol. The normalized spacial score (nSPS) is 14.3. The summed E-state index contributed by atoms with van der Waals surface area (Å²) in [7, 11) is 0. The van der Waals surface area contributed by atoms with E-state index in [1.807, 2.05) is 17.8 Å². The molecular weight excluding hydrogens is 507 g/mol. The number of carbonyl (C=O) groups is 1. The lowest BCUT2D eigenvalue weighted by molar-refractivity contribution is -0.110. The number of benzene rings is 1. The molecular formula is C24H24Cl2N6O2S. The highest BCUT2D eigenvalue weighted by molar-refractivity contribution is 7.99. The average molecular weight is 531 g/mol. The van der Waals surface area contributed by atoms with Crippen molar-refractivity contribution in [3.05, 3.63) is 70.1 Å². The maximum absolute atomic E-state index is 12.8. The van der Waals surface area contributed by atoms with Gasteiger partial charge < -0.3 is 20.7 Å². The molecule has 4 N–H and O–H groups in total. The molecule has 1 amide bonds. The molecule has 1 atom stereocenters. The smallest absolute Gasteiger partial charge is 0.274 e. The Kier molecular flexibility index (Phi) is 8.00. The van der Waals surface area contributed by atoms with Crippen molar-refractivity contribution in [3.8, 4) is 5.75 Å². The van der Waals surface area contributed by atoms with Crippen molar-refractivity contribution in [2.75, 3.05) is 40.5 Å². The highest BCUT2D eigenvalue weighted by Gasteiger charge is 2.20. The number of aromatic nitrogens is 2. The van der Waals surface area contributed by atoms with E-state index in [1.54, 1.807) is 37.4 Å². The van der Waals surface area contributed by atoms with Gasteiger partial charge in [-0.1, -0.05) is 23.2 Å². The van der Waals surface area contributed by atoms with Gasteiger partial charge >= 0.3 is 0 Å². The molecule has 35 heavy (non-hydrogen) atoms. The van der Waals surface area contributed by atoms with Crippen LogP contribution in [0.1, 0.15) is 24.2 Å². The first-order valence-corrected chi connectivity index (χ1v) is 12.8. The lowest BCUT2D eigenvalue weighted by atomic mass is 10.1. The molecule has 1 aromatic carbocycles. The quantitative estimate of drug-likeness (QED) is 0.288. The van der Waals surface area contributed by atoms with Gasteiger partial charge in [0, 0.05) is 53.8 Å². The first-order valence-electron chi connectivity index (χ1n) is 10.9. The van der Waals surface area contributed by atoms with Gasteiger partial charge in [-0.25, -0.2) is 4.98 Å². The van der Waals surface area contributed by atoms with Crippen molar-refractivity contribution >= 4 is 63.8 Å². The Hall–Kier alpha value is -3.01. The molecule has 1 aliphatic heterocycles. The third kappa shape index (κ3) is 5.98. The van der Waals surface area contributed by atoms with E-state index in [4.69, 9.17) is 39.1 Å². The van der Waals surface area contributed by atoms with Crippen LogP contribution in [0.3, 0.4) is 0 Å². The summed E-state index contributed by atoms with van der Waals surface area (Å²) < 4.78 is 5.98. The Morgan fingerprint density at radius 3 is 2.54 bits per heavy atom. The lowest BCUT2D eigenvalue weighted by Crippen LogP contribution is -2.33. The molecule has 1 unspecified atom stereocenters. The Balaban J connectivity index is 1.45. The van der Waals surface area contributed by atoms with Crippen molar-refractivity contribution in [1.29, 1.82) is 5.41 Å². The van der Waals surface area contributed by atoms with Gasteiger partial charge in [0.1, 0.15) is 23.4 Å². The van der Waals surface area contributed by atoms with E-state index in [9.17, 15) is 4.79 Å². The van der Waals surface area contributed by atoms with Crippen LogP contribution in [0.2, 0.25) is 10.0 Å². The third-order valence-corrected chi connectivity index (χ3v) is 7.02. The summed E-state index contributed by atoms with van der Waals surface area (Å²) in [5.41, 5.74) is 7.39. The number of ether oxygens (including phenoxy) is 1. The number of amides is 1. The first-order chi connectivity index (χ1) is 16.8. The topological polar surface area (TPSA) is 117 Å². The fraction of sp³-hybridized carbons (Fsp3) is 0.250. The SMILES string of the molecule is CC(Oc1ccc(N)c(C(=N)C(=O)Nc2ccc(N3CCSCC3)nc2)c1)c1c(Cl)cncc1Cl. The summed E-state index contributed by atoms with van der Waals surface area (Å²) in [6.45, 7) is 3.69. The second-order valence-electron chi connectivity index (χ2n) is 7.86. The van der Waals surface area contributed by atoms with E-state index in [2.05, 4.69) is 20.2 Å². The maximum atomic E-state index is 12.8. The predicted octanol–water partition coefficient (Wildman–Crippen LogP) is 5.07. The second kappa shape index (κ2) is 11.2. The molecule has 182 valence electrons. The minimum atomic E-state index is -0.606. The van der Waals surface area contributed by atoms with Gasteiger partial charge in [-0.3, -0.25) is 15.2 Å². The zero-order chi connectivity index (χ0) is 24.9. The molecule has 1 fully saturated rings. The number of carbonyl (C=O) groups excluding carboxylic acids is 1. The largest absolute Gasteiger partial charge is 0.486 e. The van der Waals surface area contributed by atoms with E-state index >= 15 is 0 Å². The van der Waals surface area contributed by atoms with Crippen LogP contribution >= 0.6 is 35.0 Å². The number of nitrogens with two attached hydrogens (primary N) is 1. The van der Waals surface area contributed by atoms with Crippen molar-refractivity contribution in [2.45, 2.75) is 13.0 Å². The Morgan fingerprint density at radius 2 is 1.89 bits per heavy atom. The molecule has 0 spiro atoms. The summed E-state index contributed by atoms with van der Waals surface area (Å²) in [6.07, 6.45) is 4.07. The van der Waals surface area contributed by atoms with E-state index in [-0.39, 0.29) is 17.0 Å². The number of nitrogens with one attached hydrogen (secondary N) is 2. The summed E-state index contributed by atoms with van der Waals surface area (Å²) >= 11 is 14.4. The maximum Gasteiger partial charge on any atom is 0.274 e. The number of anilines is 3. The molecule has 8 nitrogen and oxygen atoms in total. The molecule has 0 aliphatic carbocycles. The summed E-state index contributed by atoms with van der Waals surface area (Å²) in [5, 5.41) is 11.9. The molecule has 2 aromatic heterocycles. The van der Waals surface area contributed by atoms with Gasteiger partial charge in [-0.15, -0.1) is 0 Å². The van der Waals surface area contributed by atoms with E-state index in [0.29, 0.717) is 27.0 Å². The van der Waals surface area contributed by atoms with Crippen LogP contribution in [0.25, 0.3) is 0 Å². The number of hydrogen-bond donors (Lipinski definition) is 3. The molecule has 11 heteroatoms. The second-order valence-corrected chi connectivity index (χ2v) is 9.90. The number of thioether (sulfide) groups is 1. The van der Waals surface area contributed by atoms with Gasteiger partial charge in [-0.2, -0.15) is 11.8 Å². The average Bonchev–Trinajstić information content (AvgIpc) is 2.85. The molecule has 1 aliphatic rings. The number of nitrogen functional groups attached to an aromatic ring is 1. The van der Waals surface area contributed by atoms with Crippen LogP contribution in [0.4, 0.5) is 17.2 Å². The summed E-state index contributed by atoms with van der Waals surface area (Å²) in [6, 6.07) is 8.44. The minimum absolute atomic E-state index is 0.245. The van der Waals surface area contributed by atoms with Crippen LogP contribution in [0, 0.1) is 5.41 Å². The Bertz CT molecular complexity index is 1210. The van der Waals surface area contributed by atoms with Gasteiger partial charge in [0.05, 0.1) is 21.9 Å². The van der Waals surface area contributed by atoms with Crippen LogP contribution in [-0.2, 0) is 4.79 Å². The number of nitrogens with zero attached hydrogens (tertiary/aromatic N) is 3. The molecule has 3 aromatic rings. The van der Waals surface area contributed by atoms with Crippen LogP contribution in [0.5, 0.6) is 5.75 Å². The van der Waals surface area contributed by atoms with Gasteiger partial charge in [-0.05, 0) is 37.3 Å². The van der Waals surface area contributed by atoms with Crippen LogP contribution < -0.4 is 20.7 Å². The standard InChI is InChI=1S/C24H24Cl2N6O2S/c1-14(22-18(25)12-29-13-19(22)26)34-16-3-4-20(27)17(10-16)23(28)24(33)31-15-2-5-21(30-11-15)32-6-8-35-9-7-32/h2-5,10-14,28H,6-9,27H2,1H3,(H,31,33). The zero-order valence-corrected chi connectivity index (χ0v) is 21.3. The van der Waals surface area contributed by atoms with Crippen molar-refractivity contribution < 1.29 is 9.53 Å². The molecule has 4 rings (SSSR count). The molecule has 0 saturated carbocycles. The number of rotatable bonds is 7. The van der Waals surface area contributed by atoms with E-state index < -0.39 is 12.0 Å². The van der Waals surface area contributed by atoms with Crippen molar-refractivity contribution in [3.63, 3.8) is 0 Å². The van der Waals surface area contributed by atoms with Crippen molar-refractivity contribution in [1.82, 2.24) is 9.97 Å². The Labute approximate surface area is 217 Å². The summed E-state index contributed by atoms with van der Waals surface area (Å²) in [4.78, 5) is 23.4. The zero-order valence-electron chi connectivity index (χ0n) is 18.9. The highest BCUT2D eigenvalue weighted by atomic mass is 35.5. The molecule has 0 bridgehead atoms. The fourth-order valence-electron chi connectivity index (χ4n) is 3.65. The number of hydrogen-bond acceptors (Lipinski definition) is 8. The Morgan fingerprint density at radius 1 is 1.17 bits per heavy atom. The lowest BCUT2D eigenvalue weighted by Gasteiger charge is -2.27. The first kappa shape index (κ1) is 25.1. The number of halogens is 2. The number of pyridine rings is 2. The van der Waals surface area contributed by atoms with Gasteiger partial charge in [0.2, 0.25) is 0 Å². The highest BCUT2D eigenvalue weighted by Crippen LogP contribution is 2.33. The third-order valence-electron chi connectivity index (χ3n) is 5.47. The van der Waals surface area contributed by atoms with E-state index in [0.717, 1.165) is 30.4 Å². The minimum Gasteiger partial charge on any atom is -0.486 e. The monoisotopic (exact) mass is 530 g/mol. The van der Waals surface area contributed by atoms with E-state index in [1.165, 1.54) is 12.4 Å². The fourth-order valence-corrected chi connectivity index (χ4v) is 5.23. The molecule has 1 saturated heterocycles.